The Morgan fingerprint density at radius 2 is 1.12 bits per heavy atom. The molecule has 0 aliphatic carbocycles. The highest BCUT2D eigenvalue weighted by Crippen LogP contribution is 2.43. The van der Waals surface area contributed by atoms with Crippen molar-refractivity contribution in [1.82, 2.24) is 10.6 Å². The van der Waals surface area contributed by atoms with E-state index in [4.69, 9.17) is 9.41 Å². The molecule has 9 aromatic rings. The molecule has 0 bridgehead atoms. The number of furan rings is 1. The second-order valence-electron chi connectivity index (χ2n) is 13.2. The van der Waals surface area contributed by atoms with Crippen molar-refractivity contribution in [2.75, 3.05) is 0 Å². The Morgan fingerprint density at radius 1 is 0.490 bits per heavy atom. The molecular formula is C47H33N3O. The van der Waals surface area contributed by atoms with Gasteiger partial charge in [0.15, 0.2) is 0 Å². The van der Waals surface area contributed by atoms with Crippen molar-refractivity contribution in [1.29, 1.82) is 0 Å². The minimum atomic E-state index is -0.250. The highest BCUT2D eigenvalue weighted by Gasteiger charge is 2.29. The summed E-state index contributed by atoms with van der Waals surface area (Å²) < 4.78 is 6.82. The van der Waals surface area contributed by atoms with Crippen LogP contribution in [0.4, 0.5) is 0 Å². The third kappa shape index (κ3) is 5.16. The van der Waals surface area contributed by atoms with Crippen molar-refractivity contribution in [3.8, 4) is 22.3 Å². The van der Waals surface area contributed by atoms with E-state index in [1.807, 2.05) is 12.1 Å². The molecule has 1 aromatic heterocycles. The lowest BCUT2D eigenvalue weighted by atomic mass is 9.90. The Kier molecular flexibility index (Phi) is 7.00. The van der Waals surface area contributed by atoms with Crippen LogP contribution in [0.5, 0.6) is 0 Å². The first-order valence-electron chi connectivity index (χ1n) is 17.4. The summed E-state index contributed by atoms with van der Waals surface area (Å²) in [4.78, 5) is 5.24. The molecule has 1 aliphatic heterocycles. The quantitative estimate of drug-likeness (QED) is 0.194. The Labute approximate surface area is 295 Å². The zero-order chi connectivity index (χ0) is 33.7. The third-order valence-corrected chi connectivity index (χ3v) is 10.1. The lowest BCUT2D eigenvalue weighted by molar-refractivity contribution is 0.411. The number of benzene rings is 8. The molecule has 51 heavy (non-hydrogen) atoms. The molecule has 4 heteroatoms. The van der Waals surface area contributed by atoms with Gasteiger partial charge in [0.25, 0.3) is 0 Å². The van der Waals surface area contributed by atoms with Crippen LogP contribution in [0.15, 0.2) is 185 Å². The van der Waals surface area contributed by atoms with Gasteiger partial charge in [0.1, 0.15) is 29.3 Å². The minimum absolute atomic E-state index is 0.248. The second kappa shape index (κ2) is 12.1. The highest BCUT2D eigenvalue weighted by molar-refractivity contribution is 6.13. The highest BCUT2D eigenvalue weighted by atomic mass is 16.3. The number of hydrogen-bond acceptors (Lipinski definition) is 4. The molecule has 2 heterocycles. The standard InChI is InChI=1S/C47H33N3O/c1-2-14-32(15-3-1)45-48-46(36-25-23-31-13-5-7-17-34(31)29-36)50-47(49-45)41-27-26-39(44-43(41)40-20-10-11-21-42(40)51-44)38-19-9-8-18-37(38)35-24-22-30-12-4-6-16-33(30)28-35/h1-29,45,47,49H,(H,48,50). The number of nitrogens with zero attached hydrogens (tertiary/aromatic N) is 1. The summed E-state index contributed by atoms with van der Waals surface area (Å²) in [5, 5.41) is 14.7. The predicted molar refractivity (Wildman–Crippen MR) is 211 cm³/mol. The van der Waals surface area contributed by atoms with Gasteiger partial charge in [-0.3, -0.25) is 5.32 Å². The average molecular weight is 656 g/mol. The van der Waals surface area contributed by atoms with E-state index in [-0.39, 0.29) is 12.3 Å². The number of fused-ring (bicyclic) bond motifs is 5. The SMILES string of the molecule is c1ccc(C2N=C(c3ccc4ccccc4c3)NC(c3ccc(-c4ccccc4-c4ccc5ccccc5c4)c4oc5ccccc5c34)N2)cc1. The lowest BCUT2D eigenvalue weighted by Gasteiger charge is -2.32. The first-order chi connectivity index (χ1) is 25.3. The predicted octanol–water partition coefficient (Wildman–Crippen LogP) is 11.6. The van der Waals surface area contributed by atoms with Gasteiger partial charge < -0.3 is 9.73 Å². The summed E-state index contributed by atoms with van der Waals surface area (Å²) in [6, 6.07) is 62.2. The normalized spacial score (nSPS) is 16.0. The Bertz CT molecular complexity index is 2780. The van der Waals surface area contributed by atoms with E-state index in [2.05, 4.69) is 174 Å². The first-order valence-corrected chi connectivity index (χ1v) is 17.4. The molecule has 2 N–H and O–H groups in total. The Morgan fingerprint density at radius 3 is 1.90 bits per heavy atom. The van der Waals surface area contributed by atoms with Gasteiger partial charge >= 0.3 is 0 Å². The van der Waals surface area contributed by atoms with E-state index in [1.54, 1.807) is 0 Å². The maximum atomic E-state index is 6.82. The van der Waals surface area contributed by atoms with Crippen molar-refractivity contribution in [2.45, 2.75) is 12.3 Å². The summed E-state index contributed by atoms with van der Waals surface area (Å²) in [5.41, 5.74) is 9.54. The summed E-state index contributed by atoms with van der Waals surface area (Å²) in [6.45, 7) is 0. The largest absolute Gasteiger partial charge is 0.455 e. The van der Waals surface area contributed by atoms with E-state index in [0.29, 0.717) is 0 Å². The number of rotatable bonds is 5. The van der Waals surface area contributed by atoms with Crippen LogP contribution in [0.3, 0.4) is 0 Å². The Hall–Kier alpha value is -6.49. The average Bonchev–Trinajstić information content (AvgIpc) is 3.60. The van der Waals surface area contributed by atoms with E-state index in [0.717, 1.165) is 55.6 Å². The van der Waals surface area contributed by atoms with Crippen LogP contribution in [0, 0.1) is 0 Å². The van der Waals surface area contributed by atoms with Crippen LogP contribution in [-0.4, -0.2) is 5.84 Å². The fraction of sp³-hybridized carbons (Fsp3) is 0.0426. The molecule has 0 spiro atoms. The van der Waals surface area contributed by atoms with Gasteiger partial charge in [0, 0.05) is 27.5 Å². The monoisotopic (exact) mass is 655 g/mol. The van der Waals surface area contributed by atoms with E-state index < -0.39 is 0 Å². The van der Waals surface area contributed by atoms with Gasteiger partial charge in [-0.05, 0) is 62.0 Å². The summed E-state index contributed by atoms with van der Waals surface area (Å²) in [6.07, 6.45) is -0.497. The van der Waals surface area contributed by atoms with Crippen LogP contribution in [0.1, 0.15) is 29.0 Å². The minimum Gasteiger partial charge on any atom is -0.455 e. The molecule has 0 saturated carbocycles. The molecule has 2 unspecified atom stereocenters. The molecule has 8 aromatic carbocycles. The van der Waals surface area contributed by atoms with Crippen LogP contribution in [0.25, 0.3) is 65.7 Å². The molecule has 0 saturated heterocycles. The molecule has 0 amide bonds. The van der Waals surface area contributed by atoms with Gasteiger partial charge in [-0.1, -0.05) is 158 Å². The maximum Gasteiger partial charge on any atom is 0.143 e. The molecule has 10 rings (SSSR count). The number of aliphatic imine (C=N–C) groups is 1. The number of para-hydroxylation sites is 1. The zero-order valence-electron chi connectivity index (χ0n) is 27.8. The Balaban J connectivity index is 1.14. The molecule has 2 atom stereocenters. The van der Waals surface area contributed by atoms with E-state index >= 15 is 0 Å². The molecular weight excluding hydrogens is 623 g/mol. The molecule has 1 aliphatic rings. The third-order valence-electron chi connectivity index (χ3n) is 10.1. The lowest BCUT2D eigenvalue weighted by Crippen LogP contribution is -2.45. The fourth-order valence-corrected chi connectivity index (χ4v) is 7.64. The smallest absolute Gasteiger partial charge is 0.143 e. The second-order valence-corrected chi connectivity index (χ2v) is 13.2. The number of nitrogens with one attached hydrogen (secondary N) is 2. The molecule has 0 fully saturated rings. The summed E-state index contributed by atoms with van der Waals surface area (Å²) in [5.74, 6) is 0.852. The van der Waals surface area contributed by atoms with Crippen LogP contribution in [0.2, 0.25) is 0 Å². The number of amidine groups is 1. The van der Waals surface area contributed by atoms with E-state index in [1.165, 1.54) is 32.7 Å². The van der Waals surface area contributed by atoms with Gasteiger partial charge in [-0.2, -0.15) is 0 Å². The summed E-state index contributed by atoms with van der Waals surface area (Å²) in [7, 11) is 0. The first kappa shape index (κ1) is 29.4. The molecule has 242 valence electrons. The van der Waals surface area contributed by atoms with E-state index in [9.17, 15) is 0 Å². The topological polar surface area (TPSA) is 49.6 Å². The van der Waals surface area contributed by atoms with Crippen molar-refractivity contribution >= 4 is 49.3 Å². The molecule has 0 radical (unpaired) electrons. The summed E-state index contributed by atoms with van der Waals surface area (Å²) >= 11 is 0. The van der Waals surface area contributed by atoms with Gasteiger partial charge in [-0.25, -0.2) is 4.99 Å². The van der Waals surface area contributed by atoms with Crippen molar-refractivity contribution in [2.24, 2.45) is 4.99 Å². The van der Waals surface area contributed by atoms with Gasteiger partial charge in [-0.15, -0.1) is 0 Å². The molecule has 4 nitrogen and oxygen atoms in total. The van der Waals surface area contributed by atoms with Gasteiger partial charge in [0.05, 0.1) is 0 Å². The van der Waals surface area contributed by atoms with Gasteiger partial charge in [0.2, 0.25) is 0 Å². The van der Waals surface area contributed by atoms with Crippen molar-refractivity contribution in [3.63, 3.8) is 0 Å². The van der Waals surface area contributed by atoms with Crippen molar-refractivity contribution < 1.29 is 4.42 Å². The maximum absolute atomic E-state index is 6.82. The van der Waals surface area contributed by atoms with Crippen LogP contribution in [-0.2, 0) is 0 Å². The van der Waals surface area contributed by atoms with Crippen LogP contribution >= 0.6 is 0 Å². The zero-order valence-corrected chi connectivity index (χ0v) is 27.8. The fourth-order valence-electron chi connectivity index (χ4n) is 7.64. The number of hydrogen-bond donors (Lipinski definition) is 2. The van der Waals surface area contributed by atoms with Crippen LogP contribution < -0.4 is 10.6 Å². The van der Waals surface area contributed by atoms with Crippen molar-refractivity contribution in [3.05, 3.63) is 193 Å².